The summed E-state index contributed by atoms with van der Waals surface area (Å²) in [4.78, 5) is 0. The Morgan fingerprint density at radius 1 is 1.27 bits per heavy atom. The molecule has 1 heterocycles. The highest BCUT2D eigenvalue weighted by atomic mass is 32.1. The Labute approximate surface area is 90.8 Å². The van der Waals surface area contributed by atoms with Gasteiger partial charge in [-0.25, -0.2) is 0 Å². The van der Waals surface area contributed by atoms with Crippen LogP contribution in [0.15, 0.2) is 29.6 Å². The quantitative estimate of drug-likeness (QED) is 0.757. The lowest BCUT2D eigenvalue weighted by atomic mass is 10.0. The summed E-state index contributed by atoms with van der Waals surface area (Å²) >= 11 is 1.49. The fourth-order valence-corrected chi connectivity index (χ4v) is 2.44. The van der Waals surface area contributed by atoms with Crippen LogP contribution >= 0.6 is 11.3 Å². The van der Waals surface area contributed by atoms with Crippen molar-refractivity contribution in [2.45, 2.75) is 12.2 Å². The van der Waals surface area contributed by atoms with E-state index < -0.39 is 12.2 Å². The molecule has 2 N–H and O–H groups in total. The van der Waals surface area contributed by atoms with Gasteiger partial charge in [0.15, 0.2) is 6.10 Å². The largest absolute Gasteiger partial charge is 0.384 e. The molecular formula is C11H9NO2S. The average molecular weight is 219 g/mol. The predicted molar refractivity (Wildman–Crippen MR) is 58.4 cm³/mol. The normalized spacial score (nSPS) is 14.7. The van der Waals surface area contributed by atoms with E-state index in [1.165, 1.54) is 11.3 Å². The second-order valence-corrected chi connectivity index (χ2v) is 4.12. The molecule has 76 valence electrons. The van der Waals surface area contributed by atoms with E-state index in [4.69, 9.17) is 5.26 Å². The van der Waals surface area contributed by atoms with Crippen LogP contribution in [0, 0.1) is 11.3 Å². The molecule has 15 heavy (non-hydrogen) atoms. The Morgan fingerprint density at radius 3 is 2.80 bits per heavy atom. The fourth-order valence-electron chi connectivity index (χ4n) is 1.49. The minimum atomic E-state index is -1.38. The van der Waals surface area contributed by atoms with Crippen molar-refractivity contribution >= 4 is 21.4 Å². The van der Waals surface area contributed by atoms with Gasteiger partial charge in [-0.15, -0.1) is 11.3 Å². The molecule has 0 aliphatic heterocycles. The molecule has 0 aliphatic carbocycles. The van der Waals surface area contributed by atoms with Gasteiger partial charge in [0, 0.05) is 10.3 Å². The number of aliphatic hydroxyl groups is 2. The van der Waals surface area contributed by atoms with E-state index in [2.05, 4.69) is 0 Å². The van der Waals surface area contributed by atoms with Gasteiger partial charge in [0.1, 0.15) is 6.10 Å². The van der Waals surface area contributed by atoms with Gasteiger partial charge in [-0.05, 0) is 16.8 Å². The van der Waals surface area contributed by atoms with Crippen molar-refractivity contribution in [3.63, 3.8) is 0 Å². The molecule has 0 radical (unpaired) electrons. The summed E-state index contributed by atoms with van der Waals surface area (Å²) in [6.07, 6.45) is -2.52. The zero-order chi connectivity index (χ0) is 10.8. The number of hydrogen-bond acceptors (Lipinski definition) is 4. The smallest absolute Gasteiger partial charge is 0.170 e. The van der Waals surface area contributed by atoms with Gasteiger partial charge in [-0.3, -0.25) is 0 Å². The number of aliphatic hydroxyl groups excluding tert-OH is 2. The first kappa shape index (κ1) is 10.1. The number of hydrogen-bond donors (Lipinski definition) is 2. The maximum atomic E-state index is 9.74. The highest BCUT2D eigenvalue weighted by molar-refractivity contribution is 7.17. The van der Waals surface area contributed by atoms with Crippen LogP contribution in [0.2, 0.25) is 0 Å². The third kappa shape index (κ3) is 1.73. The molecule has 1 aromatic carbocycles. The lowest BCUT2D eigenvalue weighted by Crippen LogP contribution is -2.15. The van der Waals surface area contributed by atoms with E-state index in [1.54, 1.807) is 18.2 Å². The number of nitrogens with zero attached hydrogens (tertiary/aromatic N) is 1. The molecule has 0 amide bonds. The molecule has 2 atom stereocenters. The predicted octanol–water partition coefficient (Wildman–Crippen LogP) is 1.82. The minimum Gasteiger partial charge on any atom is -0.384 e. The summed E-state index contributed by atoms with van der Waals surface area (Å²) in [5.74, 6) is 0. The van der Waals surface area contributed by atoms with Crippen molar-refractivity contribution in [2.75, 3.05) is 0 Å². The van der Waals surface area contributed by atoms with Crippen molar-refractivity contribution in [1.82, 2.24) is 0 Å². The Hall–Kier alpha value is -1.41. The summed E-state index contributed by atoms with van der Waals surface area (Å²) in [6, 6.07) is 9.03. The molecule has 2 unspecified atom stereocenters. The van der Waals surface area contributed by atoms with Crippen molar-refractivity contribution < 1.29 is 10.2 Å². The summed E-state index contributed by atoms with van der Waals surface area (Å²) < 4.78 is 0.916. The van der Waals surface area contributed by atoms with Crippen molar-refractivity contribution in [3.05, 3.63) is 35.2 Å². The van der Waals surface area contributed by atoms with E-state index in [9.17, 15) is 10.2 Å². The second kappa shape index (κ2) is 3.99. The highest BCUT2D eigenvalue weighted by Gasteiger charge is 2.19. The van der Waals surface area contributed by atoms with Gasteiger partial charge < -0.3 is 10.2 Å². The van der Waals surface area contributed by atoms with Gasteiger partial charge in [0.25, 0.3) is 0 Å². The third-order valence-corrected chi connectivity index (χ3v) is 3.24. The second-order valence-electron chi connectivity index (χ2n) is 3.20. The van der Waals surface area contributed by atoms with Crippen LogP contribution < -0.4 is 0 Å². The Bertz CT molecular complexity index is 515. The van der Waals surface area contributed by atoms with Crippen LogP contribution in [-0.2, 0) is 0 Å². The summed E-state index contributed by atoms with van der Waals surface area (Å²) in [7, 11) is 0. The molecule has 2 rings (SSSR count). The Balaban J connectivity index is 2.52. The molecule has 0 fully saturated rings. The first-order chi connectivity index (χ1) is 7.24. The van der Waals surface area contributed by atoms with Crippen LogP contribution in [0.5, 0.6) is 0 Å². The van der Waals surface area contributed by atoms with Gasteiger partial charge in [-0.1, -0.05) is 18.2 Å². The van der Waals surface area contributed by atoms with Crippen LogP contribution in [0.25, 0.3) is 10.1 Å². The zero-order valence-electron chi connectivity index (χ0n) is 7.79. The molecule has 0 saturated heterocycles. The van der Waals surface area contributed by atoms with E-state index in [0.29, 0.717) is 5.56 Å². The first-order valence-corrected chi connectivity index (χ1v) is 5.34. The fraction of sp³-hybridized carbons (Fsp3) is 0.182. The van der Waals surface area contributed by atoms with E-state index in [-0.39, 0.29) is 0 Å². The van der Waals surface area contributed by atoms with E-state index >= 15 is 0 Å². The van der Waals surface area contributed by atoms with Crippen molar-refractivity contribution in [3.8, 4) is 6.07 Å². The summed E-state index contributed by atoms with van der Waals surface area (Å²) in [5, 5.41) is 30.5. The van der Waals surface area contributed by atoms with Gasteiger partial charge >= 0.3 is 0 Å². The molecule has 3 nitrogen and oxygen atoms in total. The zero-order valence-corrected chi connectivity index (χ0v) is 8.61. The third-order valence-electron chi connectivity index (χ3n) is 2.26. The Morgan fingerprint density at radius 2 is 2.07 bits per heavy atom. The molecule has 0 aliphatic rings. The first-order valence-electron chi connectivity index (χ1n) is 4.46. The van der Waals surface area contributed by atoms with Crippen molar-refractivity contribution in [2.24, 2.45) is 0 Å². The lowest BCUT2D eigenvalue weighted by molar-refractivity contribution is 0.0539. The number of benzene rings is 1. The maximum Gasteiger partial charge on any atom is 0.170 e. The molecule has 0 saturated carbocycles. The SMILES string of the molecule is N#CC(O)C(O)c1cccc2ccsc12. The number of nitriles is 1. The number of thiophene rings is 1. The monoisotopic (exact) mass is 219 g/mol. The van der Waals surface area contributed by atoms with Crippen molar-refractivity contribution in [1.29, 1.82) is 5.26 Å². The Kier molecular flexibility index (Phi) is 2.69. The molecular weight excluding hydrogens is 210 g/mol. The van der Waals surface area contributed by atoms with Crippen LogP contribution in [-0.4, -0.2) is 16.3 Å². The minimum absolute atomic E-state index is 0.608. The van der Waals surface area contributed by atoms with Crippen LogP contribution in [0.4, 0.5) is 0 Å². The van der Waals surface area contributed by atoms with Crippen LogP contribution in [0.1, 0.15) is 11.7 Å². The topological polar surface area (TPSA) is 64.2 Å². The van der Waals surface area contributed by atoms with Gasteiger partial charge in [-0.2, -0.15) is 5.26 Å². The number of rotatable bonds is 2. The lowest BCUT2D eigenvalue weighted by Gasteiger charge is -2.12. The van der Waals surface area contributed by atoms with Gasteiger partial charge in [0.2, 0.25) is 0 Å². The standard InChI is InChI=1S/C11H9NO2S/c12-6-9(13)10(14)8-3-1-2-7-4-5-15-11(7)8/h1-5,9-10,13-14H. The van der Waals surface area contributed by atoms with E-state index in [0.717, 1.165) is 10.1 Å². The summed E-state index contributed by atoms with van der Waals surface area (Å²) in [5.41, 5.74) is 0.608. The summed E-state index contributed by atoms with van der Waals surface area (Å²) in [6.45, 7) is 0. The van der Waals surface area contributed by atoms with Crippen LogP contribution in [0.3, 0.4) is 0 Å². The number of fused-ring (bicyclic) bond motifs is 1. The molecule has 2 aromatic rings. The van der Waals surface area contributed by atoms with E-state index in [1.807, 2.05) is 17.5 Å². The molecule has 0 spiro atoms. The molecule has 4 heteroatoms. The molecule has 1 aromatic heterocycles. The van der Waals surface area contributed by atoms with Gasteiger partial charge in [0.05, 0.1) is 6.07 Å². The maximum absolute atomic E-state index is 9.74. The molecule has 0 bridgehead atoms. The highest BCUT2D eigenvalue weighted by Crippen LogP contribution is 2.30. The average Bonchev–Trinajstić information content (AvgIpc) is 2.74.